The second kappa shape index (κ2) is 3.62. The quantitative estimate of drug-likeness (QED) is 0.579. The van der Waals surface area contributed by atoms with E-state index >= 15 is 0 Å². The molecule has 1 amide bonds. The summed E-state index contributed by atoms with van der Waals surface area (Å²) in [5.41, 5.74) is 0.573. The topological polar surface area (TPSA) is 103 Å². The van der Waals surface area contributed by atoms with E-state index < -0.39 is 4.92 Å². The van der Waals surface area contributed by atoms with Crippen molar-refractivity contribution >= 4 is 11.6 Å². The molecule has 1 aliphatic heterocycles. The highest BCUT2D eigenvalue weighted by Gasteiger charge is 2.23. The molecule has 1 aromatic carbocycles. The summed E-state index contributed by atoms with van der Waals surface area (Å²) >= 11 is 0. The molecule has 0 radical (unpaired) electrons. The monoisotopic (exact) mass is 245 g/mol. The maximum absolute atomic E-state index is 11.8. The number of fused-ring (bicyclic) bond motifs is 3. The highest BCUT2D eigenvalue weighted by Crippen LogP contribution is 2.23. The Bertz CT molecular complexity index is 663. The molecule has 0 bridgehead atoms. The normalized spacial score (nSPS) is 13.2. The molecule has 0 saturated heterocycles. The Kier molecular flexibility index (Phi) is 2.09. The lowest BCUT2D eigenvalue weighted by atomic mass is 10.1. The number of carbonyl (C=O) groups is 1. The van der Waals surface area contributed by atoms with Crippen LogP contribution in [0.4, 0.5) is 5.69 Å². The van der Waals surface area contributed by atoms with Gasteiger partial charge in [-0.3, -0.25) is 14.9 Å². The third kappa shape index (κ3) is 1.43. The summed E-state index contributed by atoms with van der Waals surface area (Å²) in [7, 11) is 0. The lowest BCUT2D eigenvalue weighted by molar-refractivity contribution is -0.384. The van der Waals surface area contributed by atoms with Gasteiger partial charge >= 0.3 is 0 Å². The van der Waals surface area contributed by atoms with Crippen molar-refractivity contribution in [3.63, 3.8) is 0 Å². The number of rotatable bonds is 1. The fraction of sp³-hybridized carbons (Fsp3) is 0.100. The van der Waals surface area contributed by atoms with Crippen molar-refractivity contribution in [1.82, 2.24) is 20.1 Å². The second-order valence-electron chi connectivity index (χ2n) is 3.73. The zero-order chi connectivity index (χ0) is 12.7. The van der Waals surface area contributed by atoms with Crippen LogP contribution in [0.5, 0.6) is 0 Å². The Morgan fingerprint density at radius 1 is 1.44 bits per heavy atom. The number of benzene rings is 1. The molecule has 0 atom stereocenters. The van der Waals surface area contributed by atoms with E-state index in [0.717, 1.165) is 0 Å². The fourth-order valence-corrected chi connectivity index (χ4v) is 1.85. The molecule has 1 N–H and O–H groups in total. The second-order valence-corrected chi connectivity index (χ2v) is 3.73. The van der Waals surface area contributed by atoms with Gasteiger partial charge in [-0.2, -0.15) is 5.10 Å². The molecule has 0 spiro atoms. The van der Waals surface area contributed by atoms with E-state index in [1.54, 1.807) is 0 Å². The van der Waals surface area contributed by atoms with Crippen molar-refractivity contribution in [2.45, 2.75) is 6.54 Å². The van der Waals surface area contributed by atoms with Gasteiger partial charge in [0.1, 0.15) is 6.33 Å². The number of non-ortho nitro benzene ring substituents is 1. The fourth-order valence-electron chi connectivity index (χ4n) is 1.85. The molecule has 1 aromatic heterocycles. The first kappa shape index (κ1) is 10.4. The molecule has 18 heavy (non-hydrogen) atoms. The summed E-state index contributed by atoms with van der Waals surface area (Å²) < 4.78 is 1.50. The minimum atomic E-state index is -0.541. The lowest BCUT2D eigenvalue weighted by Gasteiger charge is -2.05. The van der Waals surface area contributed by atoms with Gasteiger partial charge in [-0.1, -0.05) is 0 Å². The van der Waals surface area contributed by atoms with Crippen LogP contribution in [0.15, 0.2) is 24.5 Å². The number of aromatic nitrogens is 3. The summed E-state index contributed by atoms with van der Waals surface area (Å²) in [4.78, 5) is 26.0. The SMILES string of the molecule is O=C1NCc2ncnn2-c2ccc([N+](=O)[O-])cc21. The Morgan fingerprint density at radius 2 is 2.28 bits per heavy atom. The number of nitrogens with one attached hydrogen (secondary N) is 1. The van der Waals surface area contributed by atoms with E-state index in [2.05, 4.69) is 15.4 Å². The molecule has 0 unspecified atom stereocenters. The molecule has 0 saturated carbocycles. The first-order chi connectivity index (χ1) is 8.66. The molecule has 8 nitrogen and oxygen atoms in total. The van der Waals surface area contributed by atoms with Crippen molar-refractivity contribution in [3.8, 4) is 5.69 Å². The molecule has 1 aliphatic rings. The summed E-state index contributed by atoms with van der Waals surface area (Å²) in [5, 5.41) is 17.3. The van der Waals surface area contributed by atoms with Crippen LogP contribution in [0.2, 0.25) is 0 Å². The van der Waals surface area contributed by atoms with Crippen LogP contribution in [0.3, 0.4) is 0 Å². The average Bonchev–Trinajstić information content (AvgIpc) is 2.78. The molecule has 3 rings (SSSR count). The summed E-state index contributed by atoms with van der Waals surface area (Å²) in [6, 6.07) is 4.07. The zero-order valence-electron chi connectivity index (χ0n) is 9.03. The Hall–Kier alpha value is -2.77. The van der Waals surface area contributed by atoms with Gasteiger partial charge in [0.05, 0.1) is 22.7 Å². The van der Waals surface area contributed by atoms with Gasteiger partial charge in [-0.25, -0.2) is 9.67 Å². The smallest absolute Gasteiger partial charge is 0.270 e. The van der Waals surface area contributed by atoms with Crippen LogP contribution in [0.25, 0.3) is 5.69 Å². The van der Waals surface area contributed by atoms with E-state index in [1.807, 2.05) is 0 Å². The number of hydrogen-bond donors (Lipinski definition) is 1. The molecule has 90 valence electrons. The minimum absolute atomic E-state index is 0.132. The summed E-state index contributed by atoms with van der Waals surface area (Å²) in [6.07, 6.45) is 1.37. The first-order valence-corrected chi connectivity index (χ1v) is 5.13. The van der Waals surface area contributed by atoms with Gasteiger partial charge in [-0.05, 0) is 6.07 Å². The van der Waals surface area contributed by atoms with Gasteiger partial charge in [0.25, 0.3) is 11.6 Å². The van der Waals surface area contributed by atoms with Crippen LogP contribution in [0.1, 0.15) is 16.2 Å². The summed E-state index contributed by atoms with van der Waals surface area (Å²) in [6.45, 7) is 0.237. The molecular weight excluding hydrogens is 238 g/mol. The van der Waals surface area contributed by atoms with Gasteiger partial charge in [0.2, 0.25) is 0 Å². The number of nitro groups is 1. The first-order valence-electron chi connectivity index (χ1n) is 5.13. The van der Waals surface area contributed by atoms with E-state index in [1.165, 1.54) is 29.2 Å². The van der Waals surface area contributed by atoms with Crippen molar-refractivity contribution in [1.29, 1.82) is 0 Å². The molecule has 2 heterocycles. The standard InChI is InChI=1S/C10H7N5O3/c16-10-7-3-6(15(17)18)1-2-8(7)14-9(4-11-10)12-5-13-14/h1-3,5H,4H2,(H,11,16). The van der Waals surface area contributed by atoms with Crippen LogP contribution in [0, 0.1) is 10.1 Å². The summed E-state index contributed by atoms with van der Waals surface area (Å²) in [5.74, 6) is 0.206. The maximum Gasteiger partial charge on any atom is 0.270 e. The van der Waals surface area contributed by atoms with Crippen LogP contribution in [-0.4, -0.2) is 25.6 Å². The predicted octanol–water partition coefficient (Wildman–Crippen LogP) is 0.419. The van der Waals surface area contributed by atoms with E-state index in [-0.39, 0.29) is 23.7 Å². The lowest BCUT2D eigenvalue weighted by Crippen LogP contribution is -2.21. The van der Waals surface area contributed by atoms with Crippen molar-refractivity contribution in [2.24, 2.45) is 0 Å². The number of nitrogens with zero attached hydrogens (tertiary/aromatic N) is 4. The third-order valence-corrected chi connectivity index (χ3v) is 2.69. The Labute approximate surface area is 100 Å². The van der Waals surface area contributed by atoms with Crippen molar-refractivity contribution in [2.75, 3.05) is 0 Å². The Morgan fingerprint density at radius 3 is 3.06 bits per heavy atom. The molecule has 8 heteroatoms. The van der Waals surface area contributed by atoms with E-state index in [0.29, 0.717) is 11.5 Å². The minimum Gasteiger partial charge on any atom is -0.345 e. The van der Waals surface area contributed by atoms with Gasteiger partial charge in [0.15, 0.2) is 5.82 Å². The Balaban J connectivity index is 2.25. The predicted molar refractivity (Wildman–Crippen MR) is 59.2 cm³/mol. The molecular formula is C10H7N5O3. The molecule has 0 fully saturated rings. The van der Waals surface area contributed by atoms with Crippen molar-refractivity contribution in [3.05, 3.63) is 46.0 Å². The number of nitro benzene ring substituents is 1. The van der Waals surface area contributed by atoms with E-state index in [4.69, 9.17) is 0 Å². The highest BCUT2D eigenvalue weighted by molar-refractivity contribution is 5.98. The van der Waals surface area contributed by atoms with Crippen LogP contribution >= 0.6 is 0 Å². The molecule has 2 aromatic rings. The van der Waals surface area contributed by atoms with E-state index in [9.17, 15) is 14.9 Å². The van der Waals surface area contributed by atoms with Crippen molar-refractivity contribution < 1.29 is 9.72 Å². The largest absolute Gasteiger partial charge is 0.345 e. The number of amides is 1. The third-order valence-electron chi connectivity index (χ3n) is 2.69. The highest BCUT2D eigenvalue weighted by atomic mass is 16.6. The molecule has 0 aliphatic carbocycles. The number of carbonyl (C=O) groups excluding carboxylic acids is 1. The van der Waals surface area contributed by atoms with Crippen LogP contribution < -0.4 is 5.32 Å². The average molecular weight is 245 g/mol. The zero-order valence-corrected chi connectivity index (χ0v) is 9.03. The van der Waals surface area contributed by atoms with Gasteiger partial charge < -0.3 is 5.32 Å². The van der Waals surface area contributed by atoms with Gasteiger partial charge in [-0.15, -0.1) is 0 Å². The maximum atomic E-state index is 11.8. The number of hydrogen-bond acceptors (Lipinski definition) is 5. The van der Waals surface area contributed by atoms with Gasteiger partial charge in [0, 0.05) is 12.1 Å². The van der Waals surface area contributed by atoms with Crippen LogP contribution in [-0.2, 0) is 6.54 Å².